The third-order valence-corrected chi connectivity index (χ3v) is 5.47. The lowest BCUT2D eigenvalue weighted by atomic mass is 9.79. The summed E-state index contributed by atoms with van der Waals surface area (Å²) in [6, 6.07) is 4.39. The van der Waals surface area contributed by atoms with Crippen molar-refractivity contribution >= 4 is 5.69 Å². The van der Waals surface area contributed by atoms with E-state index in [1.807, 2.05) is 0 Å². The summed E-state index contributed by atoms with van der Waals surface area (Å²) in [5.74, 6) is 1.42. The molecular weight excluding hydrogens is 294 g/mol. The Labute approximate surface area is 148 Å². The zero-order chi connectivity index (χ0) is 17.7. The van der Waals surface area contributed by atoms with E-state index < -0.39 is 0 Å². The highest BCUT2D eigenvalue weighted by atomic mass is 16.5. The van der Waals surface area contributed by atoms with Crippen molar-refractivity contribution in [3.05, 3.63) is 34.9 Å². The minimum Gasteiger partial charge on any atom is -0.485 e. The van der Waals surface area contributed by atoms with Crippen LogP contribution in [0.5, 0.6) is 5.75 Å². The molecule has 0 amide bonds. The molecule has 0 saturated carbocycles. The Morgan fingerprint density at radius 3 is 2.58 bits per heavy atom. The largest absolute Gasteiger partial charge is 0.485 e. The Kier molecular flexibility index (Phi) is 6.37. The lowest BCUT2D eigenvalue weighted by Crippen LogP contribution is -2.38. The Balaban J connectivity index is 2.15. The van der Waals surface area contributed by atoms with Crippen molar-refractivity contribution < 1.29 is 4.74 Å². The van der Waals surface area contributed by atoms with Crippen molar-refractivity contribution in [1.82, 2.24) is 0 Å². The minimum atomic E-state index is -0.195. The molecular formula is C22H35NO. The quantitative estimate of drug-likeness (QED) is 0.366. The van der Waals surface area contributed by atoms with Gasteiger partial charge in [-0.25, -0.2) is 0 Å². The first-order chi connectivity index (χ1) is 11.3. The van der Waals surface area contributed by atoms with Gasteiger partial charge in [-0.2, -0.15) is 0 Å². The van der Waals surface area contributed by atoms with E-state index >= 15 is 0 Å². The topological polar surface area (TPSA) is 35.2 Å². The van der Waals surface area contributed by atoms with Gasteiger partial charge in [0.15, 0.2) is 0 Å². The second-order valence-electron chi connectivity index (χ2n) is 8.01. The van der Waals surface area contributed by atoms with Gasteiger partial charge in [0.05, 0.1) is 5.69 Å². The summed E-state index contributed by atoms with van der Waals surface area (Å²) in [4.78, 5) is 0. The molecule has 0 aliphatic heterocycles. The maximum Gasteiger partial charge on any atom is 0.143 e. The van der Waals surface area contributed by atoms with Crippen molar-refractivity contribution in [3.63, 3.8) is 0 Å². The van der Waals surface area contributed by atoms with Crippen molar-refractivity contribution in [3.8, 4) is 5.75 Å². The zero-order valence-electron chi connectivity index (χ0n) is 16.2. The number of ether oxygens (including phenoxy) is 1. The van der Waals surface area contributed by atoms with Gasteiger partial charge in [-0.05, 0) is 77.0 Å². The number of hydrogen-bond donors (Lipinski definition) is 1. The first kappa shape index (κ1) is 18.9. The molecule has 1 unspecified atom stereocenters. The van der Waals surface area contributed by atoms with Gasteiger partial charge in [0.1, 0.15) is 11.4 Å². The van der Waals surface area contributed by atoms with Crippen LogP contribution in [0.25, 0.3) is 0 Å². The maximum absolute atomic E-state index is 6.48. The van der Waals surface area contributed by atoms with E-state index in [1.165, 1.54) is 43.2 Å². The molecule has 1 aliphatic carbocycles. The van der Waals surface area contributed by atoms with E-state index in [1.54, 1.807) is 0 Å². The minimum absolute atomic E-state index is 0.195. The number of unbranched alkanes of at least 4 members (excludes halogenated alkanes) is 2. The molecule has 0 fully saturated rings. The number of aryl methyl sites for hydroxylation is 2. The van der Waals surface area contributed by atoms with E-state index in [9.17, 15) is 0 Å². The highest BCUT2D eigenvalue weighted by molar-refractivity contribution is 5.60. The van der Waals surface area contributed by atoms with Crippen LogP contribution in [0.4, 0.5) is 5.69 Å². The van der Waals surface area contributed by atoms with Gasteiger partial charge >= 0.3 is 0 Å². The molecule has 2 rings (SSSR count). The molecule has 0 bridgehead atoms. The molecule has 1 aromatic carbocycles. The van der Waals surface area contributed by atoms with Crippen molar-refractivity contribution in [1.29, 1.82) is 0 Å². The fourth-order valence-corrected chi connectivity index (χ4v) is 3.61. The first-order valence-electron chi connectivity index (χ1n) is 9.57. The fraction of sp³-hybridized carbons (Fsp3) is 0.636. The summed E-state index contributed by atoms with van der Waals surface area (Å²) < 4.78 is 6.48. The SMILES string of the molecule is CCCCCc1cc(C)c(N)c(OC(C)(C)C2CC=C(C)CC2)c1. The molecule has 2 heteroatoms. The second kappa shape index (κ2) is 8.09. The molecule has 0 aromatic heterocycles. The van der Waals surface area contributed by atoms with Crippen molar-refractivity contribution in [2.75, 3.05) is 5.73 Å². The summed E-state index contributed by atoms with van der Waals surface area (Å²) in [7, 11) is 0. The second-order valence-corrected chi connectivity index (χ2v) is 8.01. The monoisotopic (exact) mass is 329 g/mol. The molecule has 0 heterocycles. The number of allylic oxidation sites excluding steroid dienone is 2. The summed E-state index contributed by atoms with van der Waals surface area (Å²) >= 11 is 0. The lowest BCUT2D eigenvalue weighted by Gasteiger charge is -2.37. The molecule has 0 saturated heterocycles. The highest BCUT2D eigenvalue weighted by Crippen LogP contribution is 2.38. The van der Waals surface area contributed by atoms with Gasteiger partial charge < -0.3 is 10.5 Å². The number of rotatable bonds is 7. The number of anilines is 1. The molecule has 1 atom stereocenters. The van der Waals surface area contributed by atoms with Crippen molar-refractivity contribution in [2.24, 2.45) is 5.92 Å². The van der Waals surface area contributed by atoms with Gasteiger partial charge in [-0.15, -0.1) is 0 Å². The van der Waals surface area contributed by atoms with Crippen LogP contribution in [0.2, 0.25) is 0 Å². The van der Waals surface area contributed by atoms with Gasteiger partial charge in [0.2, 0.25) is 0 Å². The first-order valence-corrected chi connectivity index (χ1v) is 9.57. The normalized spacial score (nSPS) is 18.4. The molecule has 0 radical (unpaired) electrons. The maximum atomic E-state index is 6.48. The van der Waals surface area contributed by atoms with Crippen LogP contribution < -0.4 is 10.5 Å². The summed E-state index contributed by atoms with van der Waals surface area (Å²) in [6.07, 6.45) is 10.7. The van der Waals surface area contributed by atoms with Crippen LogP contribution in [0.15, 0.2) is 23.8 Å². The van der Waals surface area contributed by atoms with Crippen LogP contribution in [-0.2, 0) is 6.42 Å². The number of nitrogen functional groups attached to an aromatic ring is 1. The molecule has 134 valence electrons. The van der Waals surface area contributed by atoms with Gasteiger partial charge in [-0.1, -0.05) is 37.5 Å². The average Bonchev–Trinajstić information content (AvgIpc) is 2.52. The Hall–Kier alpha value is -1.44. The van der Waals surface area contributed by atoms with Gasteiger partial charge in [0, 0.05) is 5.92 Å². The van der Waals surface area contributed by atoms with Crippen LogP contribution in [0, 0.1) is 12.8 Å². The summed E-state index contributed by atoms with van der Waals surface area (Å²) in [5, 5.41) is 0. The third kappa shape index (κ3) is 4.78. The number of benzene rings is 1. The molecule has 2 N–H and O–H groups in total. The molecule has 1 aromatic rings. The van der Waals surface area contributed by atoms with Crippen molar-refractivity contribution in [2.45, 2.75) is 85.2 Å². The number of hydrogen-bond acceptors (Lipinski definition) is 2. The Morgan fingerprint density at radius 1 is 1.21 bits per heavy atom. The molecule has 24 heavy (non-hydrogen) atoms. The van der Waals surface area contributed by atoms with Gasteiger partial charge in [-0.3, -0.25) is 0 Å². The summed E-state index contributed by atoms with van der Waals surface area (Å²) in [6.45, 7) is 11.0. The predicted molar refractivity (Wildman–Crippen MR) is 105 cm³/mol. The summed E-state index contributed by atoms with van der Waals surface area (Å²) in [5.41, 5.74) is 10.9. The molecule has 2 nitrogen and oxygen atoms in total. The van der Waals surface area contributed by atoms with Crippen LogP contribution in [-0.4, -0.2) is 5.60 Å². The predicted octanol–water partition coefficient (Wildman–Crippen LogP) is 6.21. The number of nitrogens with two attached hydrogens (primary N) is 1. The van der Waals surface area contributed by atoms with Crippen LogP contribution >= 0.6 is 0 Å². The average molecular weight is 330 g/mol. The van der Waals surface area contributed by atoms with E-state index in [2.05, 4.69) is 52.8 Å². The fourth-order valence-electron chi connectivity index (χ4n) is 3.61. The van der Waals surface area contributed by atoms with E-state index in [-0.39, 0.29) is 5.60 Å². The lowest BCUT2D eigenvalue weighted by molar-refractivity contribution is 0.0390. The Morgan fingerprint density at radius 2 is 1.96 bits per heavy atom. The van der Waals surface area contributed by atoms with Crippen LogP contribution in [0.1, 0.15) is 77.3 Å². The van der Waals surface area contributed by atoms with E-state index in [4.69, 9.17) is 10.5 Å². The standard InChI is InChI=1S/C22H35NO/c1-6-7-8-9-18-14-17(3)21(23)20(15-18)24-22(4,5)19-12-10-16(2)11-13-19/h10,14-15,19H,6-9,11-13,23H2,1-5H3. The smallest absolute Gasteiger partial charge is 0.143 e. The van der Waals surface area contributed by atoms with Crippen LogP contribution in [0.3, 0.4) is 0 Å². The highest BCUT2D eigenvalue weighted by Gasteiger charge is 2.32. The van der Waals surface area contributed by atoms with E-state index in [0.29, 0.717) is 5.92 Å². The molecule has 0 spiro atoms. The molecule has 1 aliphatic rings. The Bertz CT molecular complexity index is 586. The zero-order valence-corrected chi connectivity index (χ0v) is 16.2. The van der Waals surface area contributed by atoms with Gasteiger partial charge in [0.25, 0.3) is 0 Å². The third-order valence-electron chi connectivity index (χ3n) is 5.47. The van der Waals surface area contributed by atoms with E-state index in [0.717, 1.165) is 29.8 Å².